The number of ketones is 1. The molecule has 190 valence electrons. The third-order valence-corrected chi connectivity index (χ3v) is 6.80. The summed E-state index contributed by atoms with van der Waals surface area (Å²) in [6.45, 7) is 4.60. The second-order valence-electron chi connectivity index (χ2n) is 9.18. The Labute approximate surface area is 213 Å². The maximum absolute atomic E-state index is 13.3. The van der Waals surface area contributed by atoms with Gasteiger partial charge in [0.05, 0.1) is 25.1 Å². The molecular weight excluding hydrogens is 452 g/mol. The third kappa shape index (κ3) is 6.45. The number of nitrogen functional groups attached to an aromatic ring is 1. The molecule has 1 aliphatic rings. The molecule has 0 aromatic heterocycles. The van der Waals surface area contributed by atoms with E-state index in [1.165, 1.54) is 0 Å². The molecule has 1 fully saturated rings. The molecule has 0 atom stereocenters. The Kier molecular flexibility index (Phi) is 9.13. The lowest BCUT2D eigenvalue weighted by atomic mass is 9.86. The van der Waals surface area contributed by atoms with Crippen LogP contribution in [0.4, 0.5) is 11.4 Å². The van der Waals surface area contributed by atoms with Gasteiger partial charge in [-0.05, 0) is 62.6 Å². The summed E-state index contributed by atoms with van der Waals surface area (Å²) in [5.74, 6) is 6.15. The van der Waals surface area contributed by atoms with Crippen LogP contribution >= 0.6 is 0 Å². The van der Waals surface area contributed by atoms with Gasteiger partial charge in [-0.3, -0.25) is 15.0 Å². The minimum absolute atomic E-state index is 0.0327. The van der Waals surface area contributed by atoms with Crippen molar-refractivity contribution < 1.29 is 14.3 Å². The molecular formula is C29H36N4O3. The highest BCUT2D eigenvalue weighted by Crippen LogP contribution is 2.40. The first-order valence-electron chi connectivity index (χ1n) is 12.5. The molecule has 0 spiro atoms. The normalized spacial score (nSPS) is 13.9. The number of rotatable bonds is 10. The van der Waals surface area contributed by atoms with Crippen molar-refractivity contribution in [3.8, 4) is 11.8 Å². The summed E-state index contributed by atoms with van der Waals surface area (Å²) in [6, 6.07) is 13.4. The molecule has 0 amide bonds. The summed E-state index contributed by atoms with van der Waals surface area (Å²) < 4.78 is 5.01. The SMILES string of the molecule is CCOC(=O)CCC(=O)C1(N(C)c2ccc(C#CCNc3cccc(C(=N)N)c3)cc2C)CCCC1. The summed E-state index contributed by atoms with van der Waals surface area (Å²) >= 11 is 0. The van der Waals surface area contributed by atoms with Gasteiger partial charge < -0.3 is 20.7 Å². The highest BCUT2D eigenvalue weighted by atomic mass is 16.5. The molecule has 4 N–H and O–H groups in total. The first kappa shape index (κ1) is 26.8. The van der Waals surface area contributed by atoms with E-state index in [4.69, 9.17) is 15.9 Å². The molecule has 0 aliphatic heterocycles. The lowest BCUT2D eigenvalue weighted by Gasteiger charge is -2.40. The van der Waals surface area contributed by atoms with E-state index in [0.717, 1.165) is 48.2 Å². The van der Waals surface area contributed by atoms with Gasteiger partial charge in [-0.2, -0.15) is 0 Å². The standard InChI is InChI=1S/C29H36N4O3/c1-4-36-27(35)15-14-26(34)29(16-5-6-17-29)33(3)25-13-12-22(19-21(25)2)9-8-18-32-24-11-7-10-23(20-24)28(30)31/h7,10-13,19-20,32H,4-6,14-18H2,1-3H3,(H3,30,31). The number of hydrogen-bond donors (Lipinski definition) is 3. The fraction of sp³-hybridized carbons (Fsp3) is 0.414. The molecule has 7 nitrogen and oxygen atoms in total. The summed E-state index contributed by atoms with van der Waals surface area (Å²) in [4.78, 5) is 27.2. The molecule has 0 bridgehead atoms. The second kappa shape index (κ2) is 12.3. The quantitative estimate of drug-likeness (QED) is 0.198. The van der Waals surface area contributed by atoms with E-state index < -0.39 is 5.54 Å². The minimum Gasteiger partial charge on any atom is -0.466 e. The average Bonchev–Trinajstić information content (AvgIpc) is 3.37. The van der Waals surface area contributed by atoms with Gasteiger partial charge >= 0.3 is 5.97 Å². The van der Waals surface area contributed by atoms with Crippen LogP contribution in [0.15, 0.2) is 42.5 Å². The molecule has 0 saturated heterocycles. The Morgan fingerprint density at radius 2 is 1.92 bits per heavy atom. The van der Waals surface area contributed by atoms with Crippen LogP contribution in [0.1, 0.15) is 62.1 Å². The summed E-state index contributed by atoms with van der Waals surface area (Å²) in [7, 11) is 1.99. The van der Waals surface area contributed by atoms with E-state index in [9.17, 15) is 9.59 Å². The molecule has 2 aromatic rings. The lowest BCUT2D eigenvalue weighted by molar-refractivity contribution is -0.144. The van der Waals surface area contributed by atoms with Gasteiger partial charge in [0.1, 0.15) is 5.84 Å². The van der Waals surface area contributed by atoms with Crippen molar-refractivity contribution in [1.29, 1.82) is 5.41 Å². The van der Waals surface area contributed by atoms with E-state index in [2.05, 4.69) is 22.1 Å². The Morgan fingerprint density at radius 1 is 1.17 bits per heavy atom. The predicted molar refractivity (Wildman–Crippen MR) is 144 cm³/mol. The van der Waals surface area contributed by atoms with Crippen LogP contribution in [-0.4, -0.2) is 43.3 Å². The maximum Gasteiger partial charge on any atom is 0.306 e. The van der Waals surface area contributed by atoms with Crippen molar-refractivity contribution in [2.24, 2.45) is 5.73 Å². The van der Waals surface area contributed by atoms with Crippen LogP contribution < -0.4 is 16.0 Å². The number of carbonyl (C=O) groups excluding carboxylic acids is 2. The summed E-state index contributed by atoms with van der Waals surface area (Å²) in [6.07, 6.45) is 3.92. The topological polar surface area (TPSA) is 109 Å². The Morgan fingerprint density at radius 3 is 2.58 bits per heavy atom. The fourth-order valence-corrected chi connectivity index (χ4v) is 4.87. The largest absolute Gasteiger partial charge is 0.466 e. The van der Waals surface area contributed by atoms with Gasteiger partial charge in [0.25, 0.3) is 0 Å². The number of esters is 1. The zero-order valence-electron chi connectivity index (χ0n) is 21.4. The highest BCUT2D eigenvalue weighted by Gasteiger charge is 2.44. The van der Waals surface area contributed by atoms with E-state index in [1.807, 2.05) is 50.4 Å². The smallest absolute Gasteiger partial charge is 0.306 e. The maximum atomic E-state index is 13.3. The zero-order valence-corrected chi connectivity index (χ0v) is 21.4. The van der Waals surface area contributed by atoms with Crippen molar-refractivity contribution >= 4 is 29.0 Å². The number of amidine groups is 1. The molecule has 36 heavy (non-hydrogen) atoms. The molecule has 0 radical (unpaired) electrons. The van der Waals surface area contributed by atoms with Crippen molar-refractivity contribution in [2.45, 2.75) is 57.9 Å². The minimum atomic E-state index is -0.581. The average molecular weight is 489 g/mol. The van der Waals surface area contributed by atoms with Gasteiger partial charge in [0.15, 0.2) is 5.78 Å². The number of nitrogens with two attached hydrogens (primary N) is 1. The van der Waals surface area contributed by atoms with Gasteiger partial charge in [-0.15, -0.1) is 0 Å². The number of nitrogens with zero attached hydrogens (tertiary/aromatic N) is 1. The number of anilines is 2. The second-order valence-corrected chi connectivity index (χ2v) is 9.18. The number of Topliss-reactive ketones (excluding diaryl/α,β-unsaturated/α-hetero) is 1. The van der Waals surface area contributed by atoms with Crippen LogP contribution in [0.3, 0.4) is 0 Å². The number of nitrogens with one attached hydrogen (secondary N) is 2. The first-order chi connectivity index (χ1) is 17.3. The fourth-order valence-electron chi connectivity index (χ4n) is 4.87. The van der Waals surface area contributed by atoms with Crippen LogP contribution in [-0.2, 0) is 14.3 Å². The number of ether oxygens (including phenoxy) is 1. The lowest BCUT2D eigenvalue weighted by Crippen LogP contribution is -2.51. The van der Waals surface area contributed by atoms with Crippen LogP contribution in [0, 0.1) is 24.2 Å². The van der Waals surface area contributed by atoms with E-state index in [-0.39, 0.29) is 30.4 Å². The van der Waals surface area contributed by atoms with E-state index in [0.29, 0.717) is 18.7 Å². The number of benzene rings is 2. The van der Waals surface area contributed by atoms with Gasteiger partial charge in [0, 0.05) is 36.0 Å². The zero-order chi connectivity index (χ0) is 26.1. The third-order valence-electron chi connectivity index (χ3n) is 6.80. The molecule has 3 rings (SSSR count). The predicted octanol–water partition coefficient (Wildman–Crippen LogP) is 4.40. The van der Waals surface area contributed by atoms with Crippen molar-refractivity contribution in [3.05, 3.63) is 59.2 Å². The van der Waals surface area contributed by atoms with Crippen LogP contribution in [0.25, 0.3) is 0 Å². The summed E-state index contributed by atoms with van der Waals surface area (Å²) in [5.41, 5.74) is 9.46. The van der Waals surface area contributed by atoms with Gasteiger partial charge in [-0.25, -0.2) is 0 Å². The first-order valence-corrected chi connectivity index (χ1v) is 12.5. The van der Waals surface area contributed by atoms with Crippen molar-refractivity contribution in [1.82, 2.24) is 0 Å². The Hall–Kier alpha value is -3.79. The van der Waals surface area contributed by atoms with Crippen LogP contribution in [0.5, 0.6) is 0 Å². The monoisotopic (exact) mass is 488 g/mol. The van der Waals surface area contributed by atoms with Gasteiger partial charge in [0.2, 0.25) is 0 Å². The molecule has 1 aliphatic carbocycles. The number of aryl methyl sites for hydroxylation is 1. The molecule has 2 aromatic carbocycles. The summed E-state index contributed by atoms with van der Waals surface area (Å²) in [5, 5.41) is 10.8. The van der Waals surface area contributed by atoms with Crippen LogP contribution in [0.2, 0.25) is 0 Å². The number of hydrogen-bond acceptors (Lipinski definition) is 6. The highest BCUT2D eigenvalue weighted by molar-refractivity contribution is 5.96. The van der Waals surface area contributed by atoms with E-state index in [1.54, 1.807) is 13.0 Å². The molecule has 0 unspecified atom stereocenters. The Balaban J connectivity index is 1.68. The number of carbonyl (C=O) groups is 2. The van der Waals surface area contributed by atoms with E-state index >= 15 is 0 Å². The molecule has 7 heteroatoms. The molecule has 1 saturated carbocycles. The van der Waals surface area contributed by atoms with Crippen molar-refractivity contribution in [3.63, 3.8) is 0 Å². The molecule has 0 heterocycles. The number of likely N-dealkylation sites (N-methyl/N-ethyl adjacent to an activating group) is 1. The Bertz CT molecular complexity index is 1170. The van der Waals surface area contributed by atoms with Crippen molar-refractivity contribution in [2.75, 3.05) is 30.4 Å². The van der Waals surface area contributed by atoms with Gasteiger partial charge in [-0.1, -0.05) is 36.8 Å².